The topological polar surface area (TPSA) is 55.8 Å². The average molecular weight is 442 g/mol. The molecular weight excluding hydrogens is 414 g/mol. The molecule has 168 valence electrons. The minimum absolute atomic E-state index is 0.0106. The minimum Gasteiger partial charge on any atom is -0.454 e. The van der Waals surface area contributed by atoms with Gasteiger partial charge in [0.05, 0.1) is 5.41 Å². The third-order valence-corrected chi connectivity index (χ3v) is 6.71. The second-order valence-electron chi connectivity index (χ2n) is 9.18. The van der Waals surface area contributed by atoms with E-state index in [2.05, 4.69) is 19.1 Å². The smallest absolute Gasteiger partial charge is 0.253 e. The summed E-state index contributed by atoms with van der Waals surface area (Å²) in [6.45, 7) is 2.30. The van der Waals surface area contributed by atoms with Crippen LogP contribution in [0.3, 0.4) is 0 Å². The monoisotopic (exact) mass is 441 g/mol. The molecule has 3 aromatic rings. The molecule has 0 unspecified atom stereocenters. The Bertz CT molecular complexity index is 1240. The molecule has 1 fully saturated rings. The van der Waals surface area contributed by atoms with E-state index in [9.17, 15) is 9.59 Å². The molecule has 0 aromatic heterocycles. The van der Waals surface area contributed by atoms with Gasteiger partial charge in [-0.1, -0.05) is 36.4 Å². The van der Waals surface area contributed by atoms with Gasteiger partial charge in [0, 0.05) is 26.1 Å². The lowest BCUT2D eigenvalue weighted by atomic mass is 9.87. The van der Waals surface area contributed by atoms with Gasteiger partial charge >= 0.3 is 0 Å². The Morgan fingerprint density at radius 3 is 2.30 bits per heavy atom. The summed E-state index contributed by atoms with van der Waals surface area (Å²) in [5.41, 5.74) is 5.58. The van der Waals surface area contributed by atoms with E-state index in [-0.39, 0.29) is 18.5 Å². The van der Waals surface area contributed by atoms with Gasteiger partial charge in [0.25, 0.3) is 5.91 Å². The second-order valence-corrected chi connectivity index (χ2v) is 9.18. The molecule has 0 saturated heterocycles. The molecule has 5 nitrogen and oxygen atoms in total. The van der Waals surface area contributed by atoms with Gasteiger partial charge in [0.15, 0.2) is 11.5 Å². The summed E-state index contributed by atoms with van der Waals surface area (Å²) in [7, 11) is 3.50. The second kappa shape index (κ2) is 8.07. The molecule has 0 bridgehead atoms. The van der Waals surface area contributed by atoms with Crippen LogP contribution in [0.25, 0.3) is 11.1 Å². The van der Waals surface area contributed by atoms with Gasteiger partial charge in [-0.3, -0.25) is 9.59 Å². The van der Waals surface area contributed by atoms with E-state index >= 15 is 0 Å². The number of hydrogen-bond acceptors (Lipinski definition) is 4. The van der Waals surface area contributed by atoms with E-state index in [0.717, 1.165) is 52.2 Å². The van der Waals surface area contributed by atoms with Crippen molar-refractivity contribution in [3.8, 4) is 22.6 Å². The molecule has 1 saturated carbocycles. The molecule has 1 aliphatic heterocycles. The lowest BCUT2D eigenvalue weighted by Gasteiger charge is -2.16. The van der Waals surface area contributed by atoms with Crippen molar-refractivity contribution in [3.63, 3.8) is 0 Å². The summed E-state index contributed by atoms with van der Waals surface area (Å²) in [4.78, 5) is 27.0. The van der Waals surface area contributed by atoms with Crippen molar-refractivity contribution in [1.82, 2.24) is 4.90 Å². The van der Waals surface area contributed by atoms with Gasteiger partial charge in [0.1, 0.15) is 5.78 Å². The number of benzene rings is 3. The third kappa shape index (κ3) is 3.88. The molecule has 0 spiro atoms. The highest BCUT2D eigenvalue weighted by Gasteiger charge is 2.50. The van der Waals surface area contributed by atoms with Crippen LogP contribution in [0.15, 0.2) is 60.7 Å². The Hall–Kier alpha value is -3.60. The van der Waals surface area contributed by atoms with Crippen LogP contribution in [-0.4, -0.2) is 37.5 Å². The Morgan fingerprint density at radius 1 is 0.909 bits per heavy atom. The fourth-order valence-electron chi connectivity index (χ4n) is 4.61. The molecule has 0 N–H and O–H groups in total. The first kappa shape index (κ1) is 21.3. The van der Waals surface area contributed by atoms with Crippen LogP contribution in [-0.2, 0) is 16.6 Å². The minimum atomic E-state index is -0.400. The fraction of sp³-hybridized carbons (Fsp3) is 0.286. The number of ketones is 1. The third-order valence-electron chi connectivity index (χ3n) is 6.71. The van der Waals surface area contributed by atoms with Crippen LogP contribution >= 0.6 is 0 Å². The molecule has 0 atom stereocenters. The van der Waals surface area contributed by atoms with Crippen molar-refractivity contribution in [3.05, 3.63) is 82.9 Å². The molecular formula is C28H27NO4. The lowest BCUT2D eigenvalue weighted by Crippen LogP contribution is -2.22. The van der Waals surface area contributed by atoms with Gasteiger partial charge in [-0.2, -0.15) is 0 Å². The van der Waals surface area contributed by atoms with Crippen LogP contribution in [0, 0.1) is 6.92 Å². The standard InChI is InChI=1S/C28H27NO4/c1-18-14-19(4-10-23(18)20-5-7-21(8-6-20)27(31)29(2)3)15-26(30)28(12-13-28)22-9-11-24-25(16-22)33-17-32-24/h4-11,14,16H,12-13,15,17H2,1-3H3. The largest absolute Gasteiger partial charge is 0.454 e. The van der Waals surface area contributed by atoms with Crippen molar-refractivity contribution < 1.29 is 19.1 Å². The molecule has 1 aliphatic carbocycles. The highest BCUT2D eigenvalue weighted by Crippen LogP contribution is 2.51. The van der Waals surface area contributed by atoms with Crippen molar-refractivity contribution >= 4 is 11.7 Å². The van der Waals surface area contributed by atoms with Crippen LogP contribution in [0.2, 0.25) is 0 Å². The maximum absolute atomic E-state index is 13.3. The Labute approximate surface area is 193 Å². The summed E-state index contributed by atoms with van der Waals surface area (Å²) in [5, 5.41) is 0. The Morgan fingerprint density at radius 2 is 1.64 bits per heavy atom. The van der Waals surface area contributed by atoms with E-state index in [1.165, 1.54) is 0 Å². The van der Waals surface area contributed by atoms with Crippen molar-refractivity contribution in [2.24, 2.45) is 0 Å². The summed E-state index contributed by atoms with van der Waals surface area (Å²) in [6.07, 6.45) is 2.16. The van der Waals surface area contributed by atoms with E-state index in [0.29, 0.717) is 12.0 Å². The predicted octanol–water partition coefficient (Wildman–Crippen LogP) is 4.94. The number of fused-ring (bicyclic) bond motifs is 1. The van der Waals surface area contributed by atoms with Crippen LogP contribution in [0.5, 0.6) is 11.5 Å². The summed E-state index contributed by atoms with van der Waals surface area (Å²) in [6, 6.07) is 19.7. The normalized spacial score (nSPS) is 15.2. The average Bonchev–Trinajstić information content (AvgIpc) is 3.49. The fourth-order valence-corrected chi connectivity index (χ4v) is 4.61. The molecule has 33 heavy (non-hydrogen) atoms. The van der Waals surface area contributed by atoms with Gasteiger partial charge in [-0.25, -0.2) is 0 Å². The van der Waals surface area contributed by atoms with Crippen LogP contribution in [0.1, 0.15) is 39.9 Å². The highest BCUT2D eigenvalue weighted by molar-refractivity contribution is 5.95. The maximum Gasteiger partial charge on any atom is 0.253 e. The van der Waals surface area contributed by atoms with E-state index in [4.69, 9.17) is 9.47 Å². The van der Waals surface area contributed by atoms with Gasteiger partial charge in [-0.05, 0) is 71.8 Å². The van der Waals surface area contributed by atoms with Crippen LogP contribution < -0.4 is 9.47 Å². The SMILES string of the molecule is Cc1cc(CC(=O)C2(c3ccc4c(c3)OCO4)CC2)ccc1-c1ccc(C(=O)N(C)C)cc1. The van der Waals surface area contributed by atoms with Crippen molar-refractivity contribution in [2.75, 3.05) is 20.9 Å². The number of Topliss-reactive ketones (excluding diaryl/α,β-unsaturated/α-hetero) is 1. The van der Waals surface area contributed by atoms with Gasteiger partial charge < -0.3 is 14.4 Å². The van der Waals surface area contributed by atoms with E-state index < -0.39 is 5.41 Å². The first-order valence-electron chi connectivity index (χ1n) is 11.2. The van der Waals surface area contributed by atoms with Crippen molar-refractivity contribution in [1.29, 1.82) is 0 Å². The summed E-state index contributed by atoms with van der Waals surface area (Å²) < 4.78 is 10.9. The zero-order chi connectivity index (χ0) is 23.2. The summed E-state index contributed by atoms with van der Waals surface area (Å²) >= 11 is 0. The first-order valence-corrected chi connectivity index (χ1v) is 11.2. The maximum atomic E-state index is 13.3. The zero-order valence-electron chi connectivity index (χ0n) is 19.2. The van der Waals surface area contributed by atoms with E-state index in [1.54, 1.807) is 19.0 Å². The highest BCUT2D eigenvalue weighted by atomic mass is 16.7. The number of aryl methyl sites for hydroxylation is 1. The molecule has 5 rings (SSSR count). The lowest BCUT2D eigenvalue weighted by molar-refractivity contribution is -0.120. The number of hydrogen-bond donors (Lipinski definition) is 0. The number of amides is 1. The Balaban J connectivity index is 1.33. The number of rotatable bonds is 6. The first-order chi connectivity index (χ1) is 15.9. The van der Waals surface area contributed by atoms with Crippen LogP contribution in [0.4, 0.5) is 0 Å². The molecule has 3 aromatic carbocycles. The number of carbonyl (C=O) groups is 2. The van der Waals surface area contributed by atoms with Crippen molar-refractivity contribution in [2.45, 2.75) is 31.6 Å². The van der Waals surface area contributed by atoms with Gasteiger partial charge in [0.2, 0.25) is 6.79 Å². The molecule has 1 amide bonds. The number of nitrogens with zero attached hydrogens (tertiary/aromatic N) is 1. The quantitative estimate of drug-likeness (QED) is 0.544. The molecule has 1 heterocycles. The molecule has 2 aliphatic rings. The number of carbonyl (C=O) groups excluding carboxylic acids is 2. The zero-order valence-corrected chi connectivity index (χ0v) is 19.2. The van der Waals surface area contributed by atoms with E-state index in [1.807, 2.05) is 48.5 Å². The molecule has 5 heteroatoms. The number of ether oxygens (including phenoxy) is 2. The molecule has 0 radical (unpaired) electrons. The Kier molecular flexibility index (Phi) is 5.20. The predicted molar refractivity (Wildman–Crippen MR) is 127 cm³/mol. The summed E-state index contributed by atoms with van der Waals surface area (Å²) in [5.74, 6) is 1.71. The van der Waals surface area contributed by atoms with Gasteiger partial charge in [-0.15, -0.1) is 0 Å².